The first kappa shape index (κ1) is 17.4. The first-order chi connectivity index (χ1) is 13.0. The Morgan fingerprint density at radius 3 is 2.70 bits per heavy atom. The Labute approximate surface area is 162 Å². The van der Waals surface area contributed by atoms with Gasteiger partial charge in [-0.2, -0.15) is 0 Å². The van der Waals surface area contributed by atoms with Gasteiger partial charge in [-0.15, -0.1) is 0 Å². The molecule has 0 saturated carbocycles. The number of ether oxygens (including phenoxy) is 1. The Morgan fingerprint density at radius 2 is 2.00 bits per heavy atom. The Kier molecular flexibility index (Phi) is 4.28. The van der Waals surface area contributed by atoms with Gasteiger partial charge in [0, 0.05) is 20.2 Å². The molecule has 0 fully saturated rings. The summed E-state index contributed by atoms with van der Waals surface area (Å²) < 4.78 is 7.57. The molecular formula is C20H20ClN5O. The van der Waals surface area contributed by atoms with Crippen LogP contribution in [0.15, 0.2) is 42.9 Å². The molecule has 27 heavy (non-hydrogen) atoms. The third-order valence-electron chi connectivity index (χ3n) is 4.60. The Morgan fingerprint density at radius 1 is 1.19 bits per heavy atom. The molecule has 4 rings (SSSR count). The minimum absolute atomic E-state index is 0.648. The average molecular weight is 382 g/mol. The summed E-state index contributed by atoms with van der Waals surface area (Å²) in [5, 5.41) is 4.03. The highest BCUT2D eigenvalue weighted by Gasteiger charge is 2.15. The van der Waals surface area contributed by atoms with Gasteiger partial charge in [-0.25, -0.2) is 9.97 Å². The van der Waals surface area contributed by atoms with Crippen LogP contribution < -0.4 is 15.0 Å². The average Bonchev–Trinajstić information content (AvgIpc) is 3.13. The molecule has 0 bridgehead atoms. The van der Waals surface area contributed by atoms with Crippen molar-refractivity contribution in [1.82, 2.24) is 14.4 Å². The van der Waals surface area contributed by atoms with Gasteiger partial charge in [-0.1, -0.05) is 23.7 Å². The second-order valence-electron chi connectivity index (χ2n) is 6.57. The molecule has 2 aromatic carbocycles. The normalized spacial score (nSPS) is 11.1. The molecule has 0 aliphatic carbocycles. The summed E-state index contributed by atoms with van der Waals surface area (Å²) >= 11 is 6.39. The van der Waals surface area contributed by atoms with E-state index in [0.29, 0.717) is 10.8 Å². The van der Waals surface area contributed by atoms with E-state index in [-0.39, 0.29) is 0 Å². The van der Waals surface area contributed by atoms with Crippen molar-refractivity contribution in [3.8, 4) is 5.75 Å². The third-order valence-corrected chi connectivity index (χ3v) is 4.91. The summed E-state index contributed by atoms with van der Waals surface area (Å²) in [6.45, 7) is 2.01. The molecule has 2 aromatic heterocycles. The number of benzene rings is 2. The first-order valence-electron chi connectivity index (χ1n) is 8.53. The molecule has 0 radical (unpaired) electrons. The second-order valence-corrected chi connectivity index (χ2v) is 6.98. The number of imidazole rings is 1. The lowest BCUT2D eigenvalue weighted by atomic mass is 10.2. The van der Waals surface area contributed by atoms with Gasteiger partial charge in [-0.05, 0) is 24.6 Å². The highest BCUT2D eigenvalue weighted by Crippen LogP contribution is 2.35. The van der Waals surface area contributed by atoms with Crippen LogP contribution in [0.3, 0.4) is 0 Å². The number of halogens is 1. The second kappa shape index (κ2) is 6.63. The van der Waals surface area contributed by atoms with Crippen LogP contribution in [0.5, 0.6) is 5.75 Å². The van der Waals surface area contributed by atoms with E-state index < -0.39 is 0 Å². The zero-order chi connectivity index (χ0) is 19.1. The summed E-state index contributed by atoms with van der Waals surface area (Å²) in [5.74, 6) is 1.45. The molecular weight excluding hydrogens is 362 g/mol. The molecule has 6 nitrogen and oxygen atoms in total. The number of fused-ring (bicyclic) bond motifs is 3. The monoisotopic (exact) mass is 381 g/mol. The SMILES string of the molecule is COc1cc2nc(Nc3c(C)cccc3Cl)c3cncn3c2cc1N(C)C. The largest absolute Gasteiger partial charge is 0.495 e. The van der Waals surface area contributed by atoms with Crippen molar-refractivity contribution < 1.29 is 4.74 Å². The molecule has 0 atom stereocenters. The predicted molar refractivity (Wildman–Crippen MR) is 111 cm³/mol. The minimum Gasteiger partial charge on any atom is -0.495 e. The van der Waals surface area contributed by atoms with Crippen LogP contribution in [0.25, 0.3) is 16.6 Å². The molecule has 1 N–H and O–H groups in total. The van der Waals surface area contributed by atoms with Gasteiger partial charge in [0.05, 0.1) is 47.1 Å². The highest BCUT2D eigenvalue weighted by atomic mass is 35.5. The van der Waals surface area contributed by atoms with Gasteiger partial charge in [-0.3, -0.25) is 4.40 Å². The lowest BCUT2D eigenvalue weighted by Gasteiger charge is -2.19. The number of anilines is 3. The van der Waals surface area contributed by atoms with E-state index in [0.717, 1.165) is 39.2 Å². The van der Waals surface area contributed by atoms with E-state index in [4.69, 9.17) is 21.3 Å². The summed E-state index contributed by atoms with van der Waals surface area (Å²) in [6.07, 6.45) is 3.58. The van der Waals surface area contributed by atoms with Gasteiger partial charge in [0.25, 0.3) is 0 Å². The zero-order valence-electron chi connectivity index (χ0n) is 15.6. The van der Waals surface area contributed by atoms with Crippen LogP contribution in [-0.2, 0) is 0 Å². The van der Waals surface area contributed by atoms with Gasteiger partial charge >= 0.3 is 0 Å². The number of rotatable bonds is 4. The van der Waals surface area contributed by atoms with E-state index in [1.807, 2.05) is 54.6 Å². The molecule has 0 saturated heterocycles. The number of hydrogen-bond acceptors (Lipinski definition) is 5. The minimum atomic E-state index is 0.648. The van der Waals surface area contributed by atoms with Crippen LogP contribution in [0.4, 0.5) is 17.2 Å². The smallest absolute Gasteiger partial charge is 0.157 e. The van der Waals surface area contributed by atoms with Gasteiger partial charge in [0.15, 0.2) is 5.82 Å². The molecule has 0 aliphatic rings. The number of para-hydroxylation sites is 1. The number of aryl methyl sites for hydroxylation is 1. The molecule has 0 aliphatic heterocycles. The van der Waals surface area contributed by atoms with E-state index in [1.165, 1.54) is 0 Å². The summed E-state index contributed by atoms with van der Waals surface area (Å²) in [5.41, 5.74) is 5.48. The van der Waals surface area contributed by atoms with Gasteiger partial charge in [0.1, 0.15) is 11.3 Å². The molecule has 7 heteroatoms. The van der Waals surface area contributed by atoms with Crippen molar-refractivity contribution in [3.05, 3.63) is 53.4 Å². The number of hydrogen-bond donors (Lipinski definition) is 1. The van der Waals surface area contributed by atoms with Crippen molar-refractivity contribution in [2.75, 3.05) is 31.4 Å². The van der Waals surface area contributed by atoms with E-state index in [9.17, 15) is 0 Å². The quantitative estimate of drug-likeness (QED) is 0.557. The van der Waals surface area contributed by atoms with Gasteiger partial charge in [0.2, 0.25) is 0 Å². The topological polar surface area (TPSA) is 54.7 Å². The van der Waals surface area contributed by atoms with Crippen LogP contribution in [-0.4, -0.2) is 35.6 Å². The first-order valence-corrected chi connectivity index (χ1v) is 8.90. The molecule has 4 aromatic rings. The standard InChI is InChI=1S/C20H20ClN5O/c1-12-6-5-7-13(21)19(12)24-20-17-10-22-11-26(17)15-9-16(25(2)3)18(27-4)8-14(15)23-20/h5-11H,1-4H3,(H,23,24). The number of nitrogens with one attached hydrogen (secondary N) is 1. The van der Waals surface area contributed by atoms with Crippen molar-refractivity contribution >= 4 is 45.3 Å². The fourth-order valence-corrected chi connectivity index (χ4v) is 3.45. The third kappa shape index (κ3) is 2.92. The van der Waals surface area contributed by atoms with Crippen molar-refractivity contribution in [2.24, 2.45) is 0 Å². The van der Waals surface area contributed by atoms with Crippen molar-refractivity contribution in [3.63, 3.8) is 0 Å². The van der Waals surface area contributed by atoms with E-state index in [2.05, 4.69) is 16.4 Å². The van der Waals surface area contributed by atoms with Crippen LogP contribution in [0, 0.1) is 6.92 Å². The molecule has 0 spiro atoms. The summed E-state index contributed by atoms with van der Waals surface area (Å²) in [4.78, 5) is 11.2. The Hall–Kier alpha value is -2.99. The molecule has 2 heterocycles. The maximum Gasteiger partial charge on any atom is 0.157 e. The Balaban J connectivity index is 1.96. The predicted octanol–water partition coefficient (Wildman–Crippen LogP) is 4.66. The van der Waals surface area contributed by atoms with Crippen molar-refractivity contribution in [2.45, 2.75) is 6.92 Å². The molecule has 0 amide bonds. The molecule has 0 unspecified atom stereocenters. The fourth-order valence-electron chi connectivity index (χ4n) is 3.18. The van der Waals surface area contributed by atoms with Crippen LogP contribution in [0.2, 0.25) is 5.02 Å². The highest BCUT2D eigenvalue weighted by molar-refractivity contribution is 6.33. The Bertz CT molecular complexity index is 1130. The van der Waals surface area contributed by atoms with E-state index >= 15 is 0 Å². The summed E-state index contributed by atoms with van der Waals surface area (Å²) in [7, 11) is 5.63. The number of methoxy groups -OCH3 is 1. The van der Waals surface area contributed by atoms with Crippen molar-refractivity contribution in [1.29, 1.82) is 0 Å². The number of nitrogens with zero attached hydrogens (tertiary/aromatic N) is 4. The zero-order valence-corrected chi connectivity index (χ0v) is 16.4. The van der Waals surface area contributed by atoms with Crippen LogP contribution in [0.1, 0.15) is 5.56 Å². The van der Waals surface area contributed by atoms with Gasteiger partial charge < -0.3 is 15.0 Å². The fraction of sp³-hybridized carbons (Fsp3) is 0.200. The molecule has 138 valence electrons. The maximum absolute atomic E-state index is 6.39. The number of aromatic nitrogens is 3. The lowest BCUT2D eigenvalue weighted by molar-refractivity contribution is 0.416. The van der Waals surface area contributed by atoms with Crippen LogP contribution >= 0.6 is 11.6 Å². The lowest BCUT2D eigenvalue weighted by Crippen LogP contribution is -2.11. The summed E-state index contributed by atoms with van der Waals surface area (Å²) in [6, 6.07) is 9.79. The maximum atomic E-state index is 6.39. The van der Waals surface area contributed by atoms with E-state index in [1.54, 1.807) is 19.6 Å².